The average molecular weight is 264 g/mol. The molecular weight excluding hydrogens is 240 g/mol. The Bertz CT molecular complexity index is 374. The second kappa shape index (κ2) is 9.42. The van der Waals surface area contributed by atoms with Gasteiger partial charge in [0.2, 0.25) is 0 Å². The van der Waals surface area contributed by atoms with Gasteiger partial charge >= 0.3 is 5.97 Å². The summed E-state index contributed by atoms with van der Waals surface area (Å²) in [7, 11) is 1.38. The van der Waals surface area contributed by atoms with Gasteiger partial charge in [-0.05, 0) is 18.6 Å². The van der Waals surface area contributed by atoms with E-state index < -0.39 is 0 Å². The molecule has 0 saturated heterocycles. The summed E-state index contributed by atoms with van der Waals surface area (Å²) in [6.45, 7) is 2.87. The third-order valence-electron chi connectivity index (χ3n) is 3.05. The molecule has 0 aliphatic heterocycles. The predicted molar refractivity (Wildman–Crippen MR) is 76.7 cm³/mol. The number of benzene rings is 1. The Hall–Kier alpha value is -1.51. The first-order chi connectivity index (χ1) is 9.29. The lowest BCUT2D eigenvalue weighted by Gasteiger charge is -2.09. The molecule has 0 atom stereocenters. The largest absolute Gasteiger partial charge is 0.493 e. The van der Waals surface area contributed by atoms with Crippen molar-refractivity contribution < 1.29 is 14.3 Å². The van der Waals surface area contributed by atoms with Gasteiger partial charge in [0.15, 0.2) is 0 Å². The average Bonchev–Trinajstić information content (AvgIpc) is 2.46. The molecule has 0 spiro atoms. The third-order valence-corrected chi connectivity index (χ3v) is 3.05. The van der Waals surface area contributed by atoms with E-state index in [1.165, 1.54) is 39.2 Å². The van der Waals surface area contributed by atoms with Gasteiger partial charge in [0.05, 0.1) is 13.7 Å². The van der Waals surface area contributed by atoms with Crippen LogP contribution in [0, 0.1) is 0 Å². The maximum atomic E-state index is 11.5. The highest BCUT2D eigenvalue weighted by Gasteiger charge is 2.11. The molecule has 3 nitrogen and oxygen atoms in total. The van der Waals surface area contributed by atoms with E-state index in [4.69, 9.17) is 9.47 Å². The minimum absolute atomic E-state index is 0.349. The first-order valence-electron chi connectivity index (χ1n) is 7.09. The Kier molecular flexibility index (Phi) is 7.71. The van der Waals surface area contributed by atoms with Crippen LogP contribution in [0.15, 0.2) is 24.3 Å². The summed E-state index contributed by atoms with van der Waals surface area (Å²) in [5, 5.41) is 0. The molecule has 1 aromatic rings. The molecule has 19 heavy (non-hydrogen) atoms. The second-order valence-corrected chi connectivity index (χ2v) is 4.60. The van der Waals surface area contributed by atoms with Crippen molar-refractivity contribution in [2.24, 2.45) is 0 Å². The predicted octanol–water partition coefficient (Wildman–Crippen LogP) is 4.21. The maximum Gasteiger partial charge on any atom is 0.341 e. The van der Waals surface area contributed by atoms with Gasteiger partial charge in [-0.3, -0.25) is 0 Å². The van der Waals surface area contributed by atoms with Crippen molar-refractivity contribution in [3.8, 4) is 5.75 Å². The summed E-state index contributed by atoms with van der Waals surface area (Å²) in [6.07, 6.45) is 7.35. The zero-order valence-corrected chi connectivity index (χ0v) is 12.0. The molecule has 0 amide bonds. The first-order valence-corrected chi connectivity index (χ1v) is 7.09. The van der Waals surface area contributed by atoms with Crippen LogP contribution in [0.3, 0.4) is 0 Å². The highest BCUT2D eigenvalue weighted by Crippen LogP contribution is 2.19. The van der Waals surface area contributed by atoms with Crippen LogP contribution in [0.5, 0.6) is 5.75 Å². The van der Waals surface area contributed by atoms with E-state index in [2.05, 4.69) is 6.92 Å². The Morgan fingerprint density at radius 3 is 2.47 bits per heavy atom. The number of methoxy groups -OCH3 is 1. The standard InChI is InChI=1S/C16H24O3/c1-3-4-5-6-7-10-13-19-15-12-9-8-11-14(15)16(17)18-2/h8-9,11-12H,3-7,10,13H2,1-2H3. The molecule has 0 radical (unpaired) electrons. The van der Waals surface area contributed by atoms with E-state index in [-0.39, 0.29) is 5.97 Å². The number of rotatable bonds is 9. The van der Waals surface area contributed by atoms with E-state index in [0.29, 0.717) is 17.9 Å². The number of ether oxygens (including phenoxy) is 2. The van der Waals surface area contributed by atoms with Crippen molar-refractivity contribution >= 4 is 5.97 Å². The van der Waals surface area contributed by atoms with Crippen LogP contribution in [0.1, 0.15) is 55.8 Å². The fraction of sp³-hybridized carbons (Fsp3) is 0.562. The van der Waals surface area contributed by atoms with E-state index in [1.807, 2.05) is 18.2 Å². The van der Waals surface area contributed by atoms with E-state index in [0.717, 1.165) is 6.42 Å². The van der Waals surface area contributed by atoms with Gasteiger partial charge in [-0.15, -0.1) is 0 Å². The molecule has 0 heterocycles. The van der Waals surface area contributed by atoms with E-state index in [9.17, 15) is 4.79 Å². The van der Waals surface area contributed by atoms with Crippen molar-refractivity contribution in [3.05, 3.63) is 29.8 Å². The minimum Gasteiger partial charge on any atom is -0.493 e. The lowest BCUT2D eigenvalue weighted by molar-refractivity contribution is 0.0596. The number of unbranched alkanes of at least 4 members (excludes halogenated alkanes) is 5. The molecule has 1 aromatic carbocycles. The van der Waals surface area contributed by atoms with Gasteiger partial charge in [0.25, 0.3) is 0 Å². The Morgan fingerprint density at radius 2 is 1.74 bits per heavy atom. The second-order valence-electron chi connectivity index (χ2n) is 4.60. The number of para-hydroxylation sites is 1. The van der Waals surface area contributed by atoms with Crippen molar-refractivity contribution in [2.75, 3.05) is 13.7 Å². The van der Waals surface area contributed by atoms with Crippen LogP contribution in [0.2, 0.25) is 0 Å². The fourth-order valence-electron chi connectivity index (χ4n) is 1.94. The summed E-state index contributed by atoms with van der Waals surface area (Å²) < 4.78 is 10.4. The lowest BCUT2D eigenvalue weighted by atomic mass is 10.1. The number of esters is 1. The number of hydrogen-bond acceptors (Lipinski definition) is 3. The molecule has 3 heteroatoms. The van der Waals surface area contributed by atoms with Gasteiger partial charge < -0.3 is 9.47 Å². The first kappa shape index (κ1) is 15.5. The molecule has 0 saturated carbocycles. The highest BCUT2D eigenvalue weighted by molar-refractivity contribution is 5.92. The topological polar surface area (TPSA) is 35.5 Å². The Morgan fingerprint density at radius 1 is 1.05 bits per heavy atom. The number of hydrogen-bond donors (Lipinski definition) is 0. The minimum atomic E-state index is -0.349. The van der Waals surface area contributed by atoms with Crippen molar-refractivity contribution in [2.45, 2.75) is 45.4 Å². The van der Waals surface area contributed by atoms with E-state index >= 15 is 0 Å². The lowest BCUT2D eigenvalue weighted by Crippen LogP contribution is -2.06. The van der Waals surface area contributed by atoms with Crippen molar-refractivity contribution in [1.82, 2.24) is 0 Å². The molecular formula is C16H24O3. The molecule has 1 rings (SSSR count). The fourth-order valence-corrected chi connectivity index (χ4v) is 1.94. The third kappa shape index (κ3) is 5.77. The van der Waals surface area contributed by atoms with Gasteiger partial charge in [-0.1, -0.05) is 51.2 Å². The monoisotopic (exact) mass is 264 g/mol. The van der Waals surface area contributed by atoms with Gasteiger partial charge in [0.1, 0.15) is 11.3 Å². The van der Waals surface area contributed by atoms with Crippen LogP contribution in [-0.4, -0.2) is 19.7 Å². The number of carbonyl (C=O) groups is 1. The zero-order valence-electron chi connectivity index (χ0n) is 12.0. The smallest absolute Gasteiger partial charge is 0.341 e. The summed E-state index contributed by atoms with van der Waals surface area (Å²) >= 11 is 0. The molecule has 0 aliphatic rings. The van der Waals surface area contributed by atoms with Crippen LogP contribution in [-0.2, 0) is 4.74 Å². The number of carbonyl (C=O) groups excluding carboxylic acids is 1. The summed E-state index contributed by atoms with van der Waals surface area (Å²) in [4.78, 5) is 11.5. The van der Waals surface area contributed by atoms with Crippen LogP contribution in [0.4, 0.5) is 0 Å². The summed E-state index contributed by atoms with van der Waals surface area (Å²) in [5.41, 5.74) is 0.496. The highest BCUT2D eigenvalue weighted by atomic mass is 16.5. The SMILES string of the molecule is CCCCCCCCOc1ccccc1C(=O)OC. The Labute approximate surface area is 115 Å². The summed E-state index contributed by atoms with van der Waals surface area (Å²) in [5.74, 6) is 0.265. The molecule has 106 valence electrons. The van der Waals surface area contributed by atoms with Crippen LogP contribution in [0.25, 0.3) is 0 Å². The van der Waals surface area contributed by atoms with Gasteiger partial charge in [-0.25, -0.2) is 4.79 Å². The molecule has 0 aliphatic carbocycles. The zero-order chi connectivity index (χ0) is 13.9. The van der Waals surface area contributed by atoms with Crippen molar-refractivity contribution in [1.29, 1.82) is 0 Å². The molecule has 0 aromatic heterocycles. The van der Waals surface area contributed by atoms with Crippen LogP contribution >= 0.6 is 0 Å². The van der Waals surface area contributed by atoms with Crippen LogP contribution < -0.4 is 4.74 Å². The Balaban J connectivity index is 2.31. The quantitative estimate of drug-likeness (QED) is 0.495. The molecule has 0 bridgehead atoms. The van der Waals surface area contributed by atoms with E-state index in [1.54, 1.807) is 6.07 Å². The molecule has 0 unspecified atom stereocenters. The van der Waals surface area contributed by atoms with Crippen molar-refractivity contribution in [3.63, 3.8) is 0 Å². The summed E-state index contributed by atoms with van der Waals surface area (Å²) in [6, 6.07) is 7.21. The molecule has 0 N–H and O–H groups in total. The maximum absolute atomic E-state index is 11.5. The molecule has 0 fully saturated rings. The van der Waals surface area contributed by atoms with Gasteiger partial charge in [-0.2, -0.15) is 0 Å². The normalized spacial score (nSPS) is 10.2. The van der Waals surface area contributed by atoms with Gasteiger partial charge in [0, 0.05) is 0 Å².